The van der Waals surface area contributed by atoms with E-state index in [9.17, 15) is 4.79 Å². The van der Waals surface area contributed by atoms with E-state index in [1.165, 1.54) is 18.9 Å². The zero-order valence-electron chi connectivity index (χ0n) is 19.4. The summed E-state index contributed by atoms with van der Waals surface area (Å²) in [6, 6.07) is 5.58. The van der Waals surface area contributed by atoms with Crippen molar-refractivity contribution in [2.75, 3.05) is 31.3 Å². The number of amides is 1. The molecule has 1 amide bonds. The number of thioether (sulfide) groups is 1. The molecule has 178 valence electrons. The van der Waals surface area contributed by atoms with Crippen LogP contribution in [-0.4, -0.2) is 57.3 Å². The van der Waals surface area contributed by atoms with E-state index in [0.717, 1.165) is 46.4 Å². The summed E-state index contributed by atoms with van der Waals surface area (Å²) in [7, 11) is 0. The number of carbonyl (C=O) groups is 1. The van der Waals surface area contributed by atoms with Gasteiger partial charge in [0.1, 0.15) is 5.82 Å². The number of nitrogens with zero attached hydrogens (tertiary/aromatic N) is 5. The molecule has 3 aromatic rings. The van der Waals surface area contributed by atoms with E-state index >= 15 is 0 Å². The Hall–Kier alpha value is -3.27. The molecule has 0 saturated carbocycles. The first-order valence-corrected chi connectivity index (χ1v) is 12.5. The molecule has 4 heterocycles. The van der Waals surface area contributed by atoms with Gasteiger partial charge in [-0.2, -0.15) is 5.10 Å². The average Bonchev–Trinajstić information content (AvgIpc) is 3.58. The molecular weight excluding hydrogens is 452 g/mol. The summed E-state index contributed by atoms with van der Waals surface area (Å²) < 4.78 is 12.5. The first-order chi connectivity index (χ1) is 16.6. The van der Waals surface area contributed by atoms with E-state index in [1.54, 1.807) is 17.8 Å². The highest BCUT2D eigenvalue weighted by atomic mass is 32.2. The predicted molar refractivity (Wildman–Crippen MR) is 132 cm³/mol. The predicted octanol–water partition coefficient (Wildman–Crippen LogP) is 3.49. The Morgan fingerprint density at radius 1 is 1.21 bits per heavy atom. The third kappa shape index (κ3) is 4.96. The minimum absolute atomic E-state index is 0.169. The van der Waals surface area contributed by atoms with E-state index in [4.69, 9.17) is 19.4 Å². The summed E-state index contributed by atoms with van der Waals surface area (Å²) in [6.45, 7) is 7.48. The summed E-state index contributed by atoms with van der Waals surface area (Å²) >= 11 is 1.65. The lowest BCUT2D eigenvalue weighted by atomic mass is 10.2. The molecule has 0 radical (unpaired) electrons. The number of aromatic nitrogens is 4. The normalized spacial score (nSPS) is 15.2. The summed E-state index contributed by atoms with van der Waals surface area (Å²) in [5.41, 5.74) is 1.68. The van der Waals surface area contributed by atoms with Gasteiger partial charge in [-0.3, -0.25) is 4.79 Å². The maximum Gasteiger partial charge on any atom is 0.244 e. The van der Waals surface area contributed by atoms with Crippen molar-refractivity contribution in [1.29, 1.82) is 0 Å². The standard InChI is InChI=1S/C24H28N6O3S/c1-16(2)34-24-27-22(29-10-3-4-11-29)18-14-26-30(23(18)28-24)12-9-25-21(31)8-6-17-5-7-19-20(13-17)33-15-32-19/h5-8,13-14,16H,3-4,9-12,15H2,1-2H3,(H,25,31)/b8-6-. The van der Waals surface area contributed by atoms with E-state index < -0.39 is 0 Å². The van der Waals surface area contributed by atoms with Crippen LogP contribution in [0.4, 0.5) is 5.82 Å². The fourth-order valence-corrected chi connectivity index (χ4v) is 4.75. The zero-order chi connectivity index (χ0) is 23.5. The fourth-order valence-electron chi connectivity index (χ4n) is 4.05. The lowest BCUT2D eigenvalue weighted by Gasteiger charge is -2.18. The lowest BCUT2D eigenvalue weighted by molar-refractivity contribution is -0.116. The van der Waals surface area contributed by atoms with Crippen LogP contribution in [0.15, 0.2) is 35.6 Å². The smallest absolute Gasteiger partial charge is 0.244 e. The van der Waals surface area contributed by atoms with E-state index in [0.29, 0.717) is 24.1 Å². The molecule has 0 aliphatic carbocycles. The Balaban J connectivity index is 1.25. The van der Waals surface area contributed by atoms with Gasteiger partial charge in [-0.05, 0) is 36.6 Å². The Morgan fingerprint density at radius 2 is 2.03 bits per heavy atom. The van der Waals surface area contributed by atoms with Crippen LogP contribution in [0.5, 0.6) is 11.5 Å². The zero-order valence-corrected chi connectivity index (χ0v) is 20.2. The van der Waals surface area contributed by atoms with E-state index in [-0.39, 0.29) is 12.7 Å². The topological polar surface area (TPSA) is 94.4 Å². The number of hydrogen-bond donors (Lipinski definition) is 1. The summed E-state index contributed by atoms with van der Waals surface area (Å²) in [5.74, 6) is 2.21. The Bertz CT molecular complexity index is 1220. The number of ether oxygens (including phenoxy) is 2. The van der Waals surface area contributed by atoms with Crippen molar-refractivity contribution in [2.24, 2.45) is 0 Å². The van der Waals surface area contributed by atoms with Crippen LogP contribution >= 0.6 is 11.8 Å². The Kier molecular flexibility index (Phi) is 6.57. The molecule has 0 bridgehead atoms. The van der Waals surface area contributed by atoms with Crippen molar-refractivity contribution in [2.45, 2.75) is 43.6 Å². The van der Waals surface area contributed by atoms with Gasteiger partial charge in [0.15, 0.2) is 22.3 Å². The molecule has 34 heavy (non-hydrogen) atoms. The van der Waals surface area contributed by atoms with Crippen LogP contribution in [0.3, 0.4) is 0 Å². The molecule has 5 rings (SSSR count). The molecule has 1 aromatic carbocycles. The first-order valence-electron chi connectivity index (χ1n) is 11.6. The number of anilines is 1. The van der Waals surface area contributed by atoms with Crippen molar-refractivity contribution >= 4 is 40.6 Å². The molecule has 0 atom stereocenters. The van der Waals surface area contributed by atoms with Gasteiger partial charge in [0.2, 0.25) is 12.7 Å². The number of fused-ring (bicyclic) bond motifs is 2. The largest absolute Gasteiger partial charge is 0.454 e. The number of nitrogens with one attached hydrogen (secondary N) is 1. The van der Waals surface area contributed by atoms with Gasteiger partial charge in [0.05, 0.1) is 18.1 Å². The van der Waals surface area contributed by atoms with Crippen LogP contribution in [0.2, 0.25) is 0 Å². The maximum atomic E-state index is 12.3. The van der Waals surface area contributed by atoms with Gasteiger partial charge in [-0.1, -0.05) is 31.7 Å². The third-order valence-electron chi connectivity index (χ3n) is 5.65. The SMILES string of the molecule is CC(C)Sc1nc(N2CCCC2)c2cnn(CCNC(=O)/C=C\c3ccc4c(c3)OCO4)c2n1. The molecule has 1 N–H and O–H groups in total. The third-order valence-corrected chi connectivity index (χ3v) is 6.51. The van der Waals surface area contributed by atoms with Gasteiger partial charge < -0.3 is 19.7 Å². The molecule has 2 aromatic heterocycles. The van der Waals surface area contributed by atoms with Crippen LogP contribution in [0.25, 0.3) is 17.1 Å². The van der Waals surface area contributed by atoms with Crippen LogP contribution in [-0.2, 0) is 11.3 Å². The van der Waals surface area contributed by atoms with Crippen molar-refractivity contribution in [3.05, 3.63) is 36.0 Å². The Morgan fingerprint density at radius 3 is 2.85 bits per heavy atom. The highest BCUT2D eigenvalue weighted by Crippen LogP contribution is 2.33. The van der Waals surface area contributed by atoms with Gasteiger partial charge in [-0.25, -0.2) is 14.6 Å². The second kappa shape index (κ2) is 9.92. The average molecular weight is 481 g/mol. The molecule has 2 aliphatic rings. The molecule has 10 heteroatoms. The molecule has 9 nitrogen and oxygen atoms in total. The van der Waals surface area contributed by atoms with Crippen LogP contribution in [0.1, 0.15) is 32.3 Å². The summed E-state index contributed by atoms with van der Waals surface area (Å²) in [4.78, 5) is 24.3. The summed E-state index contributed by atoms with van der Waals surface area (Å²) in [6.07, 6.45) is 7.47. The number of rotatable bonds is 8. The molecule has 0 unspecified atom stereocenters. The molecule has 0 spiro atoms. The quantitative estimate of drug-likeness (QED) is 0.298. The number of hydrogen-bond acceptors (Lipinski definition) is 8. The Labute approximate surface area is 202 Å². The molecule has 1 fully saturated rings. The van der Waals surface area contributed by atoms with E-state index in [1.807, 2.05) is 29.1 Å². The number of carbonyl (C=O) groups excluding carboxylic acids is 1. The van der Waals surface area contributed by atoms with Crippen molar-refractivity contribution in [3.63, 3.8) is 0 Å². The minimum atomic E-state index is -0.169. The first kappa shape index (κ1) is 22.5. The highest BCUT2D eigenvalue weighted by molar-refractivity contribution is 7.99. The van der Waals surface area contributed by atoms with Gasteiger partial charge in [0.25, 0.3) is 0 Å². The van der Waals surface area contributed by atoms with Crippen LogP contribution < -0.4 is 19.7 Å². The van der Waals surface area contributed by atoms with Crippen molar-refractivity contribution in [3.8, 4) is 11.5 Å². The maximum absolute atomic E-state index is 12.3. The monoisotopic (exact) mass is 480 g/mol. The van der Waals surface area contributed by atoms with Crippen molar-refractivity contribution in [1.82, 2.24) is 25.1 Å². The van der Waals surface area contributed by atoms with E-state index in [2.05, 4.69) is 29.2 Å². The molecular formula is C24H28N6O3S. The molecule has 1 saturated heterocycles. The highest BCUT2D eigenvalue weighted by Gasteiger charge is 2.21. The second-order valence-electron chi connectivity index (χ2n) is 8.53. The molecule has 2 aliphatic heterocycles. The summed E-state index contributed by atoms with van der Waals surface area (Å²) in [5, 5.41) is 9.59. The fraction of sp³-hybridized carbons (Fsp3) is 0.417. The van der Waals surface area contributed by atoms with Crippen LogP contribution in [0, 0.1) is 0 Å². The van der Waals surface area contributed by atoms with Gasteiger partial charge in [0, 0.05) is 31.0 Å². The van der Waals surface area contributed by atoms with Crippen molar-refractivity contribution < 1.29 is 14.3 Å². The van der Waals surface area contributed by atoms with Gasteiger partial charge >= 0.3 is 0 Å². The lowest BCUT2D eigenvalue weighted by Crippen LogP contribution is -2.26. The second-order valence-corrected chi connectivity index (χ2v) is 10.1. The minimum Gasteiger partial charge on any atom is -0.454 e. The number of benzene rings is 1. The van der Waals surface area contributed by atoms with Gasteiger partial charge in [-0.15, -0.1) is 0 Å².